The SMILES string of the molecule is C#CC1N2CCC(CC2)[C@@]1(O)c1ccc(N2C[C@H](Cl)[C@H](OC)C2)nc1Cc1ccccc1. The molecule has 2 aromatic rings. The molecular formula is C26H30ClN3O2. The van der Waals surface area contributed by atoms with Gasteiger partial charge in [-0.1, -0.05) is 42.3 Å². The molecule has 2 bridgehead atoms. The Morgan fingerprint density at radius 1 is 1.19 bits per heavy atom. The zero-order valence-electron chi connectivity index (χ0n) is 18.5. The summed E-state index contributed by atoms with van der Waals surface area (Å²) in [6, 6.07) is 14.0. The third-order valence-electron chi connectivity index (χ3n) is 7.52. The lowest BCUT2D eigenvalue weighted by atomic mass is 9.66. The molecule has 1 N–H and O–H groups in total. The first-order valence-corrected chi connectivity index (χ1v) is 11.9. The highest BCUT2D eigenvalue weighted by Gasteiger charge is 2.54. The van der Waals surface area contributed by atoms with Crippen molar-refractivity contribution in [2.45, 2.75) is 42.4 Å². The molecule has 4 atom stereocenters. The Balaban J connectivity index is 1.57. The minimum Gasteiger partial charge on any atom is -0.382 e. The topological polar surface area (TPSA) is 48.8 Å². The molecule has 6 heteroatoms. The van der Waals surface area contributed by atoms with E-state index in [1.54, 1.807) is 7.11 Å². The minimum absolute atomic E-state index is 0.0207. The second-order valence-corrected chi connectivity index (χ2v) is 9.79. The maximum absolute atomic E-state index is 12.2. The number of hydrogen-bond acceptors (Lipinski definition) is 5. The quantitative estimate of drug-likeness (QED) is 0.559. The predicted octanol–water partition coefficient (Wildman–Crippen LogP) is 3.03. The molecule has 0 amide bonds. The van der Waals surface area contributed by atoms with Gasteiger partial charge in [-0.05, 0) is 43.5 Å². The van der Waals surface area contributed by atoms with Crippen molar-refractivity contribution in [1.29, 1.82) is 0 Å². The van der Waals surface area contributed by atoms with Crippen LogP contribution in [0.25, 0.3) is 0 Å². The van der Waals surface area contributed by atoms with E-state index in [0.29, 0.717) is 19.5 Å². The standard InChI is InChI=1S/C26H30ClN3O2/c1-3-24-26(31,19-11-13-29(24)14-12-19)20-9-10-25(30-16-21(27)23(17-30)32-2)28-22(20)15-18-7-5-4-6-8-18/h1,4-10,19,21,23-24,31H,11-17H2,2H3/t21-,23+,24?,26+/m0/s1. The van der Waals surface area contributed by atoms with Gasteiger partial charge in [-0.15, -0.1) is 18.0 Å². The van der Waals surface area contributed by atoms with Crippen molar-refractivity contribution < 1.29 is 9.84 Å². The van der Waals surface area contributed by atoms with Gasteiger partial charge in [-0.25, -0.2) is 4.98 Å². The lowest BCUT2D eigenvalue weighted by molar-refractivity contribution is -0.143. The first kappa shape index (κ1) is 21.7. The fourth-order valence-corrected chi connectivity index (χ4v) is 6.15. The summed E-state index contributed by atoms with van der Waals surface area (Å²) in [5.74, 6) is 3.92. The summed E-state index contributed by atoms with van der Waals surface area (Å²) in [5, 5.41) is 12.1. The number of benzene rings is 1. The second kappa shape index (κ2) is 8.68. The number of pyridine rings is 1. The Bertz CT molecular complexity index is 1000. The van der Waals surface area contributed by atoms with Crippen LogP contribution >= 0.6 is 11.6 Å². The molecule has 0 aliphatic carbocycles. The zero-order chi connectivity index (χ0) is 22.3. The van der Waals surface area contributed by atoms with Crippen LogP contribution in [0.3, 0.4) is 0 Å². The first-order chi connectivity index (χ1) is 15.5. The van der Waals surface area contributed by atoms with E-state index in [4.69, 9.17) is 27.7 Å². The largest absolute Gasteiger partial charge is 0.382 e. The van der Waals surface area contributed by atoms with Crippen molar-refractivity contribution in [3.63, 3.8) is 0 Å². The van der Waals surface area contributed by atoms with Crippen molar-refractivity contribution >= 4 is 17.4 Å². The van der Waals surface area contributed by atoms with Crippen LogP contribution in [-0.2, 0) is 16.8 Å². The van der Waals surface area contributed by atoms with E-state index in [-0.39, 0.29) is 23.4 Å². The third-order valence-corrected chi connectivity index (χ3v) is 7.94. The van der Waals surface area contributed by atoms with Crippen LogP contribution < -0.4 is 4.90 Å². The summed E-state index contributed by atoms with van der Waals surface area (Å²) in [4.78, 5) is 9.51. The van der Waals surface area contributed by atoms with Crippen molar-refractivity contribution in [3.8, 4) is 12.3 Å². The molecule has 4 aliphatic rings. The van der Waals surface area contributed by atoms with Crippen LogP contribution in [0.5, 0.6) is 0 Å². The lowest BCUT2D eigenvalue weighted by Gasteiger charge is -2.54. The fourth-order valence-electron chi connectivity index (χ4n) is 5.80. The molecular weight excluding hydrogens is 422 g/mol. The van der Waals surface area contributed by atoms with Crippen LogP contribution in [0.15, 0.2) is 42.5 Å². The number of methoxy groups -OCH3 is 1. The first-order valence-electron chi connectivity index (χ1n) is 11.4. The van der Waals surface area contributed by atoms with Gasteiger partial charge in [0.05, 0.1) is 17.2 Å². The Morgan fingerprint density at radius 3 is 2.59 bits per heavy atom. The highest BCUT2D eigenvalue weighted by atomic mass is 35.5. The monoisotopic (exact) mass is 451 g/mol. The number of rotatable bonds is 5. The number of hydrogen-bond donors (Lipinski definition) is 1. The number of aliphatic hydroxyl groups is 1. The van der Waals surface area contributed by atoms with E-state index >= 15 is 0 Å². The molecule has 1 aromatic heterocycles. The lowest BCUT2D eigenvalue weighted by Crippen LogP contribution is -2.63. The number of fused-ring (bicyclic) bond motifs is 3. The van der Waals surface area contributed by atoms with Crippen molar-refractivity contribution in [2.24, 2.45) is 5.92 Å². The van der Waals surface area contributed by atoms with Crippen LogP contribution in [0.2, 0.25) is 0 Å². The van der Waals surface area contributed by atoms with Crippen molar-refractivity contribution in [1.82, 2.24) is 9.88 Å². The average Bonchev–Trinajstić information content (AvgIpc) is 3.21. The van der Waals surface area contributed by atoms with Gasteiger partial charge in [0.25, 0.3) is 0 Å². The Kier molecular flexibility index (Phi) is 5.90. The summed E-state index contributed by atoms with van der Waals surface area (Å²) >= 11 is 6.49. The molecule has 168 valence electrons. The molecule has 6 rings (SSSR count). The van der Waals surface area contributed by atoms with E-state index in [1.807, 2.05) is 24.3 Å². The van der Waals surface area contributed by atoms with Gasteiger partial charge >= 0.3 is 0 Å². The van der Waals surface area contributed by atoms with Crippen LogP contribution in [0.4, 0.5) is 5.82 Å². The highest BCUT2D eigenvalue weighted by Crippen LogP contribution is 2.48. The van der Waals surface area contributed by atoms with Crippen LogP contribution in [-0.4, -0.2) is 65.8 Å². The maximum Gasteiger partial charge on any atom is 0.128 e. The molecule has 0 radical (unpaired) electrons. The van der Waals surface area contributed by atoms with E-state index in [2.05, 4.69) is 33.9 Å². The number of terminal acetylenes is 1. The Morgan fingerprint density at radius 2 is 1.94 bits per heavy atom. The van der Waals surface area contributed by atoms with Crippen molar-refractivity contribution in [2.75, 3.05) is 38.2 Å². The van der Waals surface area contributed by atoms with Gasteiger partial charge in [0.2, 0.25) is 0 Å². The molecule has 4 fully saturated rings. The van der Waals surface area contributed by atoms with Gasteiger partial charge in [0.1, 0.15) is 17.5 Å². The summed E-state index contributed by atoms with van der Waals surface area (Å²) in [7, 11) is 1.70. The van der Waals surface area contributed by atoms with Gasteiger partial charge in [0, 0.05) is 32.2 Å². The molecule has 0 saturated carbocycles. The maximum atomic E-state index is 12.2. The second-order valence-electron chi connectivity index (χ2n) is 9.23. The Hall–Kier alpha value is -2.10. The van der Waals surface area contributed by atoms with Gasteiger partial charge < -0.3 is 14.7 Å². The zero-order valence-corrected chi connectivity index (χ0v) is 19.2. The highest BCUT2D eigenvalue weighted by molar-refractivity contribution is 6.21. The predicted molar refractivity (Wildman–Crippen MR) is 127 cm³/mol. The number of ether oxygens (including phenoxy) is 1. The molecule has 4 aliphatic heterocycles. The van der Waals surface area contributed by atoms with Crippen molar-refractivity contribution in [3.05, 3.63) is 59.3 Å². The molecule has 5 heterocycles. The number of piperidine rings is 3. The minimum atomic E-state index is -1.09. The normalized spacial score (nSPS) is 33.9. The molecule has 0 spiro atoms. The van der Waals surface area contributed by atoms with E-state index in [1.165, 1.54) is 0 Å². The van der Waals surface area contributed by atoms with E-state index in [0.717, 1.165) is 48.6 Å². The molecule has 5 nitrogen and oxygen atoms in total. The molecule has 4 saturated heterocycles. The summed E-state index contributed by atoms with van der Waals surface area (Å²) < 4.78 is 5.53. The van der Waals surface area contributed by atoms with Gasteiger partial charge in [0.15, 0.2) is 0 Å². The van der Waals surface area contributed by atoms with Gasteiger partial charge in [-0.3, -0.25) is 4.90 Å². The number of alkyl halides is 1. The molecule has 1 unspecified atom stereocenters. The van der Waals surface area contributed by atoms with E-state index < -0.39 is 5.60 Å². The Labute approximate surface area is 195 Å². The number of halogens is 1. The third kappa shape index (κ3) is 3.60. The molecule has 32 heavy (non-hydrogen) atoms. The smallest absolute Gasteiger partial charge is 0.128 e. The number of aromatic nitrogens is 1. The van der Waals surface area contributed by atoms with Gasteiger partial charge in [-0.2, -0.15) is 0 Å². The number of nitrogens with zero attached hydrogens (tertiary/aromatic N) is 3. The average molecular weight is 452 g/mol. The summed E-state index contributed by atoms with van der Waals surface area (Å²) in [6.07, 6.45) is 8.50. The van der Waals surface area contributed by atoms with Crippen LogP contribution in [0.1, 0.15) is 29.7 Å². The summed E-state index contributed by atoms with van der Waals surface area (Å²) in [5.41, 5.74) is 1.83. The summed E-state index contributed by atoms with van der Waals surface area (Å²) in [6.45, 7) is 3.29. The van der Waals surface area contributed by atoms with E-state index in [9.17, 15) is 5.11 Å². The fraction of sp³-hybridized carbons (Fsp3) is 0.500. The van der Waals surface area contributed by atoms with Crippen LogP contribution in [0, 0.1) is 18.3 Å². The number of anilines is 1. The molecule has 1 aromatic carbocycles.